The van der Waals surface area contributed by atoms with Crippen LogP contribution >= 0.6 is 11.6 Å². The maximum Gasteiger partial charge on any atom is 0.234 e. The molecule has 0 aliphatic heterocycles. The molecule has 0 aromatic rings. The average molecular weight is 203 g/mol. The lowest BCUT2D eigenvalue weighted by Crippen LogP contribution is -2.35. The van der Waals surface area contributed by atoms with Crippen molar-refractivity contribution in [2.45, 2.75) is 25.8 Å². The van der Waals surface area contributed by atoms with Gasteiger partial charge < -0.3 is 10.6 Å². The number of carbonyl (C=O) groups excluding carboxylic acids is 1. The summed E-state index contributed by atoms with van der Waals surface area (Å²) in [5.41, 5.74) is 2.55. The largest absolute Gasteiger partial charge is 0.352 e. The molecule has 1 saturated carbocycles. The fraction of sp³-hybridized carbons (Fsp3) is 0.667. The summed E-state index contributed by atoms with van der Waals surface area (Å²) >= 11 is 5.46. The molecule has 0 radical (unpaired) electrons. The molecule has 3 nitrogen and oxygen atoms in total. The summed E-state index contributed by atoms with van der Waals surface area (Å²) in [5, 5.41) is 5.90. The minimum absolute atomic E-state index is 0.0740. The van der Waals surface area contributed by atoms with Crippen LogP contribution in [0.1, 0.15) is 19.8 Å². The number of hydrogen-bond acceptors (Lipinski definition) is 2. The van der Waals surface area contributed by atoms with Crippen LogP contribution in [0, 0.1) is 0 Å². The summed E-state index contributed by atoms with van der Waals surface area (Å²) in [5.74, 6) is 0.0740. The first-order valence-corrected chi connectivity index (χ1v) is 4.92. The van der Waals surface area contributed by atoms with Gasteiger partial charge in [0.25, 0.3) is 0 Å². The molecule has 4 heteroatoms. The number of halogens is 1. The Morgan fingerprint density at radius 2 is 2.23 bits per heavy atom. The van der Waals surface area contributed by atoms with E-state index in [-0.39, 0.29) is 5.91 Å². The second kappa shape index (κ2) is 5.25. The lowest BCUT2D eigenvalue weighted by Gasteiger charge is -2.04. The van der Waals surface area contributed by atoms with Crippen LogP contribution in [0.5, 0.6) is 0 Å². The zero-order chi connectivity index (χ0) is 9.68. The summed E-state index contributed by atoms with van der Waals surface area (Å²) in [4.78, 5) is 11.1. The molecule has 1 fully saturated rings. The molecule has 0 aromatic carbocycles. The first-order valence-electron chi connectivity index (χ1n) is 4.48. The number of carbonyl (C=O) groups is 1. The molecule has 74 valence electrons. The third-order valence-corrected chi connectivity index (χ3v) is 2.19. The first kappa shape index (κ1) is 10.5. The molecule has 0 spiro atoms. The van der Waals surface area contributed by atoms with Gasteiger partial charge in [0.2, 0.25) is 5.91 Å². The lowest BCUT2D eigenvalue weighted by atomic mass is 10.3. The minimum atomic E-state index is 0.0740. The van der Waals surface area contributed by atoms with Crippen molar-refractivity contribution in [3.8, 4) is 0 Å². The Balaban J connectivity index is 2.00. The van der Waals surface area contributed by atoms with E-state index in [2.05, 4.69) is 10.6 Å². The Kier molecular flexibility index (Phi) is 4.25. The van der Waals surface area contributed by atoms with Gasteiger partial charge in [-0.1, -0.05) is 11.6 Å². The van der Waals surface area contributed by atoms with Crippen molar-refractivity contribution in [2.75, 3.05) is 13.1 Å². The van der Waals surface area contributed by atoms with E-state index in [1.54, 1.807) is 0 Å². The Bertz CT molecular complexity index is 212. The molecule has 0 unspecified atom stereocenters. The highest BCUT2D eigenvalue weighted by molar-refractivity contribution is 6.25. The monoisotopic (exact) mass is 202 g/mol. The van der Waals surface area contributed by atoms with Crippen molar-refractivity contribution < 1.29 is 4.79 Å². The second-order valence-electron chi connectivity index (χ2n) is 3.40. The molecule has 0 heterocycles. The van der Waals surface area contributed by atoms with Crippen molar-refractivity contribution in [3.63, 3.8) is 0 Å². The van der Waals surface area contributed by atoms with Gasteiger partial charge in [-0.2, -0.15) is 0 Å². The Labute approximate surface area is 83.5 Å². The van der Waals surface area contributed by atoms with Crippen LogP contribution in [0.2, 0.25) is 0 Å². The second-order valence-corrected chi connectivity index (χ2v) is 3.62. The lowest BCUT2D eigenvalue weighted by molar-refractivity contribution is -0.120. The Morgan fingerprint density at radius 1 is 1.54 bits per heavy atom. The maximum atomic E-state index is 11.1. The number of nitrogens with one attached hydrogen (secondary N) is 2. The first-order chi connectivity index (χ1) is 6.22. The van der Waals surface area contributed by atoms with Gasteiger partial charge in [-0.25, -0.2) is 0 Å². The fourth-order valence-electron chi connectivity index (χ4n) is 0.918. The van der Waals surface area contributed by atoms with Gasteiger partial charge in [-0.15, -0.1) is 0 Å². The quantitative estimate of drug-likeness (QED) is 0.699. The van der Waals surface area contributed by atoms with Crippen LogP contribution in [-0.4, -0.2) is 25.0 Å². The van der Waals surface area contributed by atoms with Crippen LogP contribution in [-0.2, 0) is 4.79 Å². The molecule has 13 heavy (non-hydrogen) atoms. The smallest absolute Gasteiger partial charge is 0.234 e. The predicted octanol–water partition coefficient (Wildman–Crippen LogP) is 0.997. The van der Waals surface area contributed by atoms with Crippen molar-refractivity contribution in [3.05, 3.63) is 11.1 Å². The van der Waals surface area contributed by atoms with E-state index in [1.165, 1.54) is 5.54 Å². The highest BCUT2D eigenvalue weighted by atomic mass is 35.5. The molecule has 1 aliphatic carbocycles. The summed E-state index contributed by atoms with van der Waals surface area (Å²) < 4.78 is 0. The zero-order valence-corrected chi connectivity index (χ0v) is 8.53. The van der Waals surface area contributed by atoms with Crippen molar-refractivity contribution in [2.24, 2.45) is 0 Å². The molecule has 2 N–H and O–H groups in total. The van der Waals surface area contributed by atoms with Crippen LogP contribution in [0.4, 0.5) is 0 Å². The third-order valence-electron chi connectivity index (χ3n) is 1.82. The highest BCUT2D eigenvalue weighted by Crippen LogP contribution is 2.18. The molecule has 1 amide bonds. The topological polar surface area (TPSA) is 41.1 Å². The van der Waals surface area contributed by atoms with E-state index in [4.69, 9.17) is 11.6 Å². The molecule has 1 aliphatic rings. The van der Waals surface area contributed by atoms with Crippen LogP contribution < -0.4 is 10.6 Å². The van der Waals surface area contributed by atoms with E-state index in [0.29, 0.717) is 19.1 Å². The van der Waals surface area contributed by atoms with Gasteiger partial charge in [0.1, 0.15) is 0 Å². The van der Waals surface area contributed by atoms with Crippen molar-refractivity contribution >= 4 is 17.5 Å². The highest BCUT2D eigenvalue weighted by Gasteiger charge is 2.22. The fourth-order valence-corrected chi connectivity index (χ4v) is 0.995. The Morgan fingerprint density at radius 3 is 2.77 bits per heavy atom. The molecule has 0 aromatic heterocycles. The number of hydrogen-bond donors (Lipinski definition) is 2. The van der Waals surface area contributed by atoms with E-state index in [0.717, 1.165) is 18.4 Å². The normalized spacial score (nSPS) is 17.2. The standard InChI is InChI=1S/C9H15ClN2O/c1-7(4-10)5-11-6-9(13)12-8-2-3-8/h4,8,11H,2-3,5-6H2,1H3,(H,12,13). The summed E-state index contributed by atoms with van der Waals surface area (Å²) in [6.07, 6.45) is 2.26. The van der Waals surface area contributed by atoms with Gasteiger partial charge >= 0.3 is 0 Å². The van der Waals surface area contributed by atoms with Crippen molar-refractivity contribution in [1.82, 2.24) is 10.6 Å². The van der Waals surface area contributed by atoms with E-state index < -0.39 is 0 Å². The maximum absolute atomic E-state index is 11.1. The van der Waals surface area contributed by atoms with E-state index >= 15 is 0 Å². The van der Waals surface area contributed by atoms with E-state index in [1.807, 2.05) is 6.92 Å². The van der Waals surface area contributed by atoms with Gasteiger partial charge in [-0.3, -0.25) is 4.79 Å². The summed E-state index contributed by atoms with van der Waals surface area (Å²) in [6, 6.07) is 0.443. The van der Waals surface area contributed by atoms with Gasteiger partial charge in [0.05, 0.1) is 6.54 Å². The Hall–Kier alpha value is -0.540. The SMILES string of the molecule is CC(=CCl)CNCC(=O)NC1CC1. The molecular formula is C9H15ClN2O. The zero-order valence-electron chi connectivity index (χ0n) is 7.77. The number of amides is 1. The average Bonchev–Trinajstić information content (AvgIpc) is 2.88. The van der Waals surface area contributed by atoms with Crippen LogP contribution in [0.25, 0.3) is 0 Å². The van der Waals surface area contributed by atoms with Crippen LogP contribution in [0.3, 0.4) is 0 Å². The molecule has 0 atom stereocenters. The van der Waals surface area contributed by atoms with Gasteiger partial charge in [-0.05, 0) is 25.3 Å². The van der Waals surface area contributed by atoms with Crippen LogP contribution in [0.15, 0.2) is 11.1 Å². The van der Waals surface area contributed by atoms with E-state index in [9.17, 15) is 4.79 Å². The van der Waals surface area contributed by atoms with Gasteiger partial charge in [0.15, 0.2) is 0 Å². The molecule has 0 saturated heterocycles. The molecule has 1 rings (SSSR count). The van der Waals surface area contributed by atoms with Crippen molar-refractivity contribution in [1.29, 1.82) is 0 Å². The molecule has 0 bridgehead atoms. The minimum Gasteiger partial charge on any atom is -0.352 e. The summed E-state index contributed by atoms with van der Waals surface area (Å²) in [7, 11) is 0. The third kappa shape index (κ3) is 4.90. The summed E-state index contributed by atoms with van der Waals surface area (Å²) in [6.45, 7) is 2.96. The molecular weight excluding hydrogens is 188 g/mol. The number of rotatable bonds is 5. The van der Waals surface area contributed by atoms with Gasteiger partial charge in [0, 0.05) is 18.1 Å². The predicted molar refractivity (Wildman–Crippen MR) is 53.6 cm³/mol.